The number of aromatic nitrogens is 1. The van der Waals surface area contributed by atoms with Crippen molar-refractivity contribution in [1.29, 1.82) is 0 Å². The zero-order valence-electron chi connectivity index (χ0n) is 18.1. The predicted octanol–water partition coefficient (Wildman–Crippen LogP) is 4.66. The third-order valence-electron chi connectivity index (χ3n) is 5.49. The van der Waals surface area contributed by atoms with Crippen LogP contribution in [0.25, 0.3) is 6.08 Å². The molecule has 1 aliphatic heterocycles. The Hall–Kier alpha value is -3.65. The lowest BCUT2D eigenvalue weighted by Gasteiger charge is -2.07. The fourth-order valence-electron chi connectivity index (χ4n) is 3.85. The van der Waals surface area contributed by atoms with E-state index in [0.29, 0.717) is 27.9 Å². The van der Waals surface area contributed by atoms with Crippen LogP contribution in [0, 0.1) is 0 Å². The Morgan fingerprint density at radius 1 is 1.18 bits per heavy atom. The summed E-state index contributed by atoms with van der Waals surface area (Å²) in [6, 6.07) is 12.3. The standard InChI is InChI=1S/C25H22N2O5S/c1-30-16-9-10-20-18(13-16)24(29)21(32-20)12-15-5-4-6-17(11-15)31-14-23(28)27-25-26-19-7-2-3-8-22(19)33-25/h4-6,9-13H,2-3,7-8,14H2,1H3,(H,26,27,28)/b21-12-. The number of anilines is 1. The summed E-state index contributed by atoms with van der Waals surface area (Å²) in [6.45, 7) is -0.134. The molecule has 0 bridgehead atoms. The number of methoxy groups -OCH3 is 1. The van der Waals surface area contributed by atoms with Crippen molar-refractivity contribution in [3.05, 3.63) is 69.9 Å². The van der Waals surface area contributed by atoms with Gasteiger partial charge in [0.1, 0.15) is 17.2 Å². The van der Waals surface area contributed by atoms with Crippen LogP contribution in [-0.2, 0) is 17.6 Å². The van der Waals surface area contributed by atoms with Crippen LogP contribution in [-0.4, -0.2) is 30.4 Å². The molecule has 0 saturated carbocycles. The van der Waals surface area contributed by atoms with E-state index < -0.39 is 0 Å². The number of rotatable bonds is 6. The summed E-state index contributed by atoms with van der Waals surface area (Å²) in [5, 5.41) is 3.45. The van der Waals surface area contributed by atoms with Gasteiger partial charge in [-0.15, -0.1) is 11.3 Å². The van der Waals surface area contributed by atoms with Crippen molar-refractivity contribution in [2.75, 3.05) is 19.0 Å². The van der Waals surface area contributed by atoms with Crippen LogP contribution >= 0.6 is 11.3 Å². The first-order valence-electron chi connectivity index (χ1n) is 10.7. The van der Waals surface area contributed by atoms with Crippen LogP contribution in [0.5, 0.6) is 17.2 Å². The number of hydrogen-bond acceptors (Lipinski definition) is 7. The van der Waals surface area contributed by atoms with Crippen LogP contribution in [0.1, 0.15) is 39.3 Å². The third-order valence-corrected chi connectivity index (χ3v) is 6.57. The number of ketones is 1. The van der Waals surface area contributed by atoms with Crippen LogP contribution in [0.2, 0.25) is 0 Å². The lowest BCUT2D eigenvalue weighted by atomic mass is 10.0. The highest BCUT2D eigenvalue weighted by atomic mass is 32.1. The second-order valence-electron chi connectivity index (χ2n) is 7.81. The molecule has 0 spiro atoms. The van der Waals surface area contributed by atoms with Crippen molar-refractivity contribution in [1.82, 2.24) is 4.98 Å². The Labute approximate surface area is 195 Å². The molecule has 3 aromatic rings. The summed E-state index contributed by atoms with van der Waals surface area (Å²) < 4.78 is 16.5. The number of carbonyl (C=O) groups excluding carboxylic acids is 2. The zero-order chi connectivity index (χ0) is 22.8. The molecule has 8 heteroatoms. The summed E-state index contributed by atoms with van der Waals surface area (Å²) in [5.41, 5.74) is 2.30. The van der Waals surface area contributed by atoms with E-state index in [9.17, 15) is 9.59 Å². The number of carbonyl (C=O) groups is 2. The second kappa shape index (κ2) is 9.07. The minimum absolute atomic E-state index is 0.134. The van der Waals surface area contributed by atoms with Gasteiger partial charge in [0.25, 0.3) is 5.91 Å². The number of nitrogens with one attached hydrogen (secondary N) is 1. The van der Waals surface area contributed by atoms with E-state index >= 15 is 0 Å². The van der Waals surface area contributed by atoms with E-state index in [1.165, 1.54) is 11.3 Å². The molecule has 1 aromatic heterocycles. The average molecular weight is 463 g/mol. The molecule has 1 aliphatic carbocycles. The molecule has 7 nitrogen and oxygen atoms in total. The zero-order valence-corrected chi connectivity index (χ0v) is 18.9. The summed E-state index contributed by atoms with van der Waals surface area (Å²) >= 11 is 1.54. The Morgan fingerprint density at radius 3 is 2.91 bits per heavy atom. The highest BCUT2D eigenvalue weighted by molar-refractivity contribution is 7.15. The second-order valence-corrected chi connectivity index (χ2v) is 8.89. The van der Waals surface area contributed by atoms with Gasteiger partial charge in [-0.05, 0) is 67.7 Å². The maximum Gasteiger partial charge on any atom is 0.264 e. The number of hydrogen-bond donors (Lipinski definition) is 1. The van der Waals surface area contributed by atoms with Gasteiger partial charge in [-0.3, -0.25) is 14.9 Å². The van der Waals surface area contributed by atoms with Crippen LogP contribution in [0.15, 0.2) is 48.2 Å². The highest BCUT2D eigenvalue weighted by Gasteiger charge is 2.27. The van der Waals surface area contributed by atoms with Gasteiger partial charge in [0.15, 0.2) is 17.5 Å². The van der Waals surface area contributed by atoms with Crippen molar-refractivity contribution in [3.8, 4) is 17.2 Å². The molecule has 0 fully saturated rings. The number of nitrogens with zero attached hydrogens (tertiary/aromatic N) is 1. The molecule has 1 N–H and O–H groups in total. The third kappa shape index (κ3) is 4.61. The summed E-state index contributed by atoms with van der Waals surface area (Å²) in [7, 11) is 1.55. The highest BCUT2D eigenvalue weighted by Crippen LogP contribution is 2.34. The summed E-state index contributed by atoms with van der Waals surface area (Å²) in [4.78, 5) is 30.8. The number of amides is 1. The molecule has 0 unspecified atom stereocenters. The molecular weight excluding hydrogens is 440 g/mol. The Kier molecular flexibility index (Phi) is 5.83. The molecule has 0 radical (unpaired) electrons. The lowest BCUT2D eigenvalue weighted by molar-refractivity contribution is -0.118. The van der Waals surface area contributed by atoms with E-state index in [1.54, 1.807) is 60.9 Å². The van der Waals surface area contributed by atoms with E-state index in [2.05, 4.69) is 10.3 Å². The predicted molar refractivity (Wildman–Crippen MR) is 125 cm³/mol. The molecule has 2 heterocycles. The minimum atomic E-state index is -0.261. The van der Waals surface area contributed by atoms with Gasteiger partial charge in [-0.2, -0.15) is 0 Å². The number of ether oxygens (including phenoxy) is 3. The molecule has 0 saturated heterocycles. The number of thiazole rings is 1. The van der Waals surface area contributed by atoms with E-state index in [-0.39, 0.29) is 24.1 Å². The van der Waals surface area contributed by atoms with Crippen molar-refractivity contribution in [2.45, 2.75) is 25.7 Å². The van der Waals surface area contributed by atoms with Crippen molar-refractivity contribution in [3.63, 3.8) is 0 Å². The number of fused-ring (bicyclic) bond motifs is 2. The number of allylic oxidation sites excluding steroid dienone is 1. The fourth-order valence-corrected chi connectivity index (χ4v) is 4.92. The Bertz CT molecular complexity index is 1240. The fraction of sp³-hybridized carbons (Fsp3) is 0.240. The first kappa shape index (κ1) is 21.2. The Balaban J connectivity index is 1.22. The SMILES string of the molecule is COc1ccc2c(c1)C(=O)/C(=C/c1cccc(OCC(=O)Nc3nc4c(s3)CCCC4)c1)O2. The molecule has 33 heavy (non-hydrogen) atoms. The quantitative estimate of drug-likeness (QED) is 0.536. The molecule has 0 atom stereocenters. The van der Waals surface area contributed by atoms with Gasteiger partial charge in [-0.1, -0.05) is 12.1 Å². The van der Waals surface area contributed by atoms with E-state index in [0.717, 1.165) is 30.5 Å². The summed E-state index contributed by atoms with van der Waals surface area (Å²) in [5.74, 6) is 1.37. The van der Waals surface area contributed by atoms with Gasteiger partial charge >= 0.3 is 0 Å². The van der Waals surface area contributed by atoms with Gasteiger partial charge in [0.05, 0.1) is 18.4 Å². The molecule has 2 aromatic carbocycles. The largest absolute Gasteiger partial charge is 0.497 e. The molecule has 1 amide bonds. The maximum atomic E-state index is 12.7. The topological polar surface area (TPSA) is 86.8 Å². The van der Waals surface area contributed by atoms with Crippen LogP contribution in [0.4, 0.5) is 5.13 Å². The number of benzene rings is 2. The maximum absolute atomic E-state index is 12.7. The van der Waals surface area contributed by atoms with Gasteiger partial charge in [-0.25, -0.2) is 4.98 Å². The number of aryl methyl sites for hydroxylation is 2. The minimum Gasteiger partial charge on any atom is -0.497 e. The molecule has 2 aliphatic rings. The first-order valence-corrected chi connectivity index (χ1v) is 11.5. The van der Waals surface area contributed by atoms with Gasteiger partial charge < -0.3 is 14.2 Å². The van der Waals surface area contributed by atoms with Crippen LogP contribution in [0.3, 0.4) is 0 Å². The molecule has 168 valence electrons. The van der Waals surface area contributed by atoms with Crippen LogP contribution < -0.4 is 19.5 Å². The molecular formula is C25H22N2O5S. The Morgan fingerprint density at radius 2 is 2.06 bits per heavy atom. The van der Waals surface area contributed by atoms with Gasteiger partial charge in [0, 0.05) is 4.88 Å². The average Bonchev–Trinajstić information content (AvgIpc) is 3.37. The lowest BCUT2D eigenvalue weighted by Crippen LogP contribution is -2.20. The summed E-state index contributed by atoms with van der Waals surface area (Å²) in [6.07, 6.45) is 5.99. The van der Waals surface area contributed by atoms with Crippen molar-refractivity contribution >= 4 is 34.2 Å². The van der Waals surface area contributed by atoms with Crippen molar-refractivity contribution < 1.29 is 23.8 Å². The van der Waals surface area contributed by atoms with E-state index in [1.807, 2.05) is 6.07 Å². The smallest absolute Gasteiger partial charge is 0.264 e. The number of Topliss-reactive ketones (excluding diaryl/α,β-unsaturated/α-hetero) is 1. The van der Waals surface area contributed by atoms with E-state index in [4.69, 9.17) is 14.2 Å². The molecule has 5 rings (SSSR count). The normalized spacial score (nSPS) is 15.5. The monoisotopic (exact) mass is 462 g/mol. The first-order chi connectivity index (χ1) is 16.1. The van der Waals surface area contributed by atoms with Gasteiger partial charge in [0.2, 0.25) is 5.78 Å². The van der Waals surface area contributed by atoms with Crippen molar-refractivity contribution in [2.24, 2.45) is 0 Å².